The lowest BCUT2D eigenvalue weighted by Crippen LogP contribution is -2.01. The van der Waals surface area contributed by atoms with Crippen molar-refractivity contribution in [3.63, 3.8) is 0 Å². The van der Waals surface area contributed by atoms with Crippen LogP contribution in [0.5, 0.6) is 0 Å². The summed E-state index contributed by atoms with van der Waals surface area (Å²) in [7, 11) is 0. The summed E-state index contributed by atoms with van der Waals surface area (Å²) < 4.78 is 0.448. The van der Waals surface area contributed by atoms with Crippen LogP contribution in [0, 0.1) is 17.0 Å². The molecule has 0 unspecified atom stereocenters. The largest absolute Gasteiger partial charge is 0.478 e. The molecule has 0 spiro atoms. The molecule has 0 atom stereocenters. The second kappa shape index (κ2) is 6.19. The first kappa shape index (κ1) is 15.4. The molecular weight excluding hydrogens is 362 g/mol. The number of carboxylic acids is 1. The van der Waals surface area contributed by atoms with Crippen LogP contribution in [-0.4, -0.2) is 26.0 Å². The predicted octanol–water partition coefficient (Wildman–Crippen LogP) is 3.31. The van der Waals surface area contributed by atoms with Gasteiger partial charge in [0.2, 0.25) is 0 Å². The molecular formula is C12H8BrN3O4S. The molecule has 0 saturated heterocycles. The van der Waals surface area contributed by atoms with Crippen LogP contribution in [0.1, 0.15) is 15.9 Å². The third-order valence-corrected chi connectivity index (χ3v) is 4.85. The Kier molecular flexibility index (Phi) is 4.53. The van der Waals surface area contributed by atoms with Crippen LogP contribution in [0.2, 0.25) is 0 Å². The van der Waals surface area contributed by atoms with Gasteiger partial charge in [-0.1, -0.05) is 0 Å². The lowest BCUT2D eigenvalue weighted by molar-refractivity contribution is -0.385. The van der Waals surface area contributed by atoms with E-state index in [0.29, 0.717) is 15.1 Å². The topological polar surface area (TPSA) is 106 Å². The lowest BCUT2D eigenvalue weighted by atomic mass is 10.2. The van der Waals surface area contributed by atoms with Crippen LogP contribution >= 0.6 is 27.7 Å². The van der Waals surface area contributed by atoms with Gasteiger partial charge in [0.05, 0.1) is 15.0 Å². The summed E-state index contributed by atoms with van der Waals surface area (Å²) in [6.07, 6.45) is 2.62. The number of nitrogens with zero attached hydrogens (tertiary/aromatic N) is 3. The number of nitro groups is 1. The van der Waals surface area contributed by atoms with Gasteiger partial charge in [-0.05, 0) is 46.7 Å². The molecule has 0 aliphatic carbocycles. The van der Waals surface area contributed by atoms with Crippen LogP contribution in [-0.2, 0) is 0 Å². The molecule has 21 heavy (non-hydrogen) atoms. The SMILES string of the molecule is Cc1c([N+](=O)[O-])cnc(Sc2ncccc2C(=O)O)c1Br. The number of rotatable bonds is 4. The van der Waals surface area contributed by atoms with Gasteiger partial charge in [-0.3, -0.25) is 10.1 Å². The van der Waals surface area contributed by atoms with Gasteiger partial charge in [0, 0.05) is 11.8 Å². The zero-order valence-electron chi connectivity index (χ0n) is 10.6. The van der Waals surface area contributed by atoms with Gasteiger partial charge in [0.25, 0.3) is 5.69 Å². The van der Waals surface area contributed by atoms with Crippen LogP contribution in [0.25, 0.3) is 0 Å². The Morgan fingerprint density at radius 2 is 2.14 bits per heavy atom. The van der Waals surface area contributed by atoms with E-state index in [2.05, 4.69) is 25.9 Å². The summed E-state index contributed by atoms with van der Waals surface area (Å²) >= 11 is 4.29. The zero-order chi connectivity index (χ0) is 15.6. The molecule has 7 nitrogen and oxygen atoms in total. The van der Waals surface area contributed by atoms with Gasteiger partial charge >= 0.3 is 5.97 Å². The van der Waals surface area contributed by atoms with E-state index in [-0.39, 0.29) is 16.3 Å². The molecule has 2 heterocycles. The van der Waals surface area contributed by atoms with E-state index in [1.807, 2.05) is 0 Å². The van der Waals surface area contributed by atoms with Crippen LogP contribution in [0.3, 0.4) is 0 Å². The minimum atomic E-state index is -1.10. The molecule has 2 aromatic rings. The average Bonchev–Trinajstić information content (AvgIpc) is 2.44. The predicted molar refractivity (Wildman–Crippen MR) is 78.6 cm³/mol. The second-order valence-corrected chi connectivity index (χ2v) is 5.68. The highest BCUT2D eigenvalue weighted by molar-refractivity contribution is 9.10. The highest BCUT2D eigenvalue weighted by atomic mass is 79.9. The lowest BCUT2D eigenvalue weighted by Gasteiger charge is -2.07. The molecule has 0 amide bonds. The molecule has 0 aliphatic heterocycles. The Bertz CT molecular complexity index is 738. The minimum absolute atomic E-state index is 0.0483. The Hall–Kier alpha value is -2.00. The van der Waals surface area contributed by atoms with Crippen molar-refractivity contribution in [2.45, 2.75) is 17.0 Å². The number of hydrogen-bond acceptors (Lipinski definition) is 6. The fourth-order valence-electron chi connectivity index (χ4n) is 1.53. The van der Waals surface area contributed by atoms with Crippen molar-refractivity contribution in [2.75, 3.05) is 0 Å². The summed E-state index contributed by atoms with van der Waals surface area (Å²) in [5.41, 5.74) is 0.364. The average molecular weight is 370 g/mol. The summed E-state index contributed by atoms with van der Waals surface area (Å²) in [5.74, 6) is -1.10. The van der Waals surface area contributed by atoms with E-state index in [0.717, 1.165) is 18.0 Å². The van der Waals surface area contributed by atoms with E-state index in [4.69, 9.17) is 5.11 Å². The Morgan fingerprint density at radius 3 is 2.76 bits per heavy atom. The molecule has 2 aromatic heterocycles. The van der Waals surface area contributed by atoms with Gasteiger partial charge in [-0.15, -0.1) is 0 Å². The van der Waals surface area contributed by atoms with Gasteiger partial charge < -0.3 is 5.11 Å². The van der Waals surface area contributed by atoms with Crippen molar-refractivity contribution < 1.29 is 14.8 Å². The summed E-state index contributed by atoms with van der Waals surface area (Å²) in [6, 6.07) is 2.96. The quantitative estimate of drug-likeness (QED) is 0.650. The molecule has 0 fully saturated rings. The van der Waals surface area contributed by atoms with Crippen molar-refractivity contribution >= 4 is 39.3 Å². The number of carboxylic acid groups (broad SMARTS) is 1. The third-order valence-electron chi connectivity index (χ3n) is 2.60. The van der Waals surface area contributed by atoms with E-state index >= 15 is 0 Å². The van der Waals surface area contributed by atoms with Gasteiger partial charge in [0.15, 0.2) is 0 Å². The normalized spacial score (nSPS) is 10.4. The first-order valence-corrected chi connectivity index (χ1v) is 7.18. The van der Waals surface area contributed by atoms with Gasteiger partial charge in [-0.25, -0.2) is 14.8 Å². The van der Waals surface area contributed by atoms with Crippen molar-refractivity contribution in [3.05, 3.63) is 50.2 Å². The fourth-order valence-corrected chi connectivity index (χ4v) is 2.99. The van der Waals surface area contributed by atoms with Gasteiger partial charge in [-0.2, -0.15) is 0 Å². The zero-order valence-corrected chi connectivity index (χ0v) is 13.0. The first-order chi connectivity index (χ1) is 9.91. The van der Waals surface area contributed by atoms with Crippen LogP contribution < -0.4 is 0 Å². The highest BCUT2D eigenvalue weighted by Crippen LogP contribution is 2.36. The van der Waals surface area contributed by atoms with Crippen LogP contribution in [0.15, 0.2) is 39.1 Å². The minimum Gasteiger partial charge on any atom is -0.478 e. The summed E-state index contributed by atoms with van der Waals surface area (Å²) in [6.45, 7) is 1.59. The second-order valence-electron chi connectivity index (χ2n) is 3.91. The van der Waals surface area contributed by atoms with Crippen molar-refractivity contribution in [1.29, 1.82) is 0 Å². The smallest absolute Gasteiger partial charge is 0.338 e. The molecule has 0 bridgehead atoms. The fraction of sp³-hybridized carbons (Fsp3) is 0.0833. The molecule has 0 aromatic carbocycles. The number of pyridine rings is 2. The van der Waals surface area contributed by atoms with E-state index < -0.39 is 10.9 Å². The number of halogens is 1. The van der Waals surface area contributed by atoms with Crippen LogP contribution in [0.4, 0.5) is 5.69 Å². The summed E-state index contributed by atoms with van der Waals surface area (Å²) in [4.78, 5) is 29.5. The monoisotopic (exact) mass is 369 g/mol. The molecule has 1 N–H and O–H groups in total. The molecule has 0 saturated carbocycles. The van der Waals surface area contributed by atoms with E-state index in [1.165, 1.54) is 18.3 Å². The standard InChI is InChI=1S/C12H8BrN3O4S/c1-6-8(16(19)20)5-15-11(9(6)13)21-10-7(12(17)18)3-2-4-14-10/h2-5H,1H3,(H,17,18). The molecule has 108 valence electrons. The molecule has 0 radical (unpaired) electrons. The van der Waals surface area contributed by atoms with E-state index in [1.54, 1.807) is 6.92 Å². The van der Waals surface area contributed by atoms with E-state index in [9.17, 15) is 14.9 Å². The summed E-state index contributed by atoms with van der Waals surface area (Å²) in [5, 5.41) is 20.6. The maximum atomic E-state index is 11.1. The third kappa shape index (κ3) is 3.19. The Labute approximate surface area is 131 Å². The molecule has 2 rings (SSSR count). The Balaban J connectivity index is 2.44. The van der Waals surface area contributed by atoms with Crippen molar-refractivity contribution in [2.24, 2.45) is 0 Å². The number of aromatic nitrogens is 2. The first-order valence-electron chi connectivity index (χ1n) is 5.57. The number of hydrogen-bond donors (Lipinski definition) is 1. The number of carbonyl (C=O) groups is 1. The highest BCUT2D eigenvalue weighted by Gasteiger charge is 2.20. The van der Waals surface area contributed by atoms with Crippen molar-refractivity contribution in [1.82, 2.24) is 9.97 Å². The van der Waals surface area contributed by atoms with Gasteiger partial charge in [0.1, 0.15) is 16.2 Å². The maximum absolute atomic E-state index is 11.1. The number of aromatic carboxylic acids is 1. The Morgan fingerprint density at radius 1 is 1.43 bits per heavy atom. The van der Waals surface area contributed by atoms with Crippen molar-refractivity contribution in [3.8, 4) is 0 Å². The molecule has 0 aliphatic rings. The maximum Gasteiger partial charge on any atom is 0.338 e. The molecule has 9 heteroatoms.